The zero-order valence-corrected chi connectivity index (χ0v) is 6.77. The minimum atomic E-state index is -0.427. The smallest absolute Gasteiger partial charge is 0.246 e. The number of hydrogen-bond acceptors (Lipinski definition) is 2. The molecular weight excluding hydrogens is 130 g/mol. The van der Waals surface area contributed by atoms with Crippen LogP contribution in [0.3, 0.4) is 0 Å². The highest BCUT2D eigenvalue weighted by molar-refractivity contribution is 5.77. The van der Waals surface area contributed by atoms with E-state index < -0.39 is 6.61 Å². The summed E-state index contributed by atoms with van der Waals surface area (Å²) >= 11 is 0. The van der Waals surface area contributed by atoms with E-state index in [0.717, 1.165) is 6.42 Å². The summed E-state index contributed by atoms with van der Waals surface area (Å²) in [6, 6.07) is 0. The fourth-order valence-electron chi connectivity index (χ4n) is 0.505. The number of rotatable bonds is 3. The molecule has 0 bridgehead atoms. The lowest BCUT2D eigenvalue weighted by Gasteiger charge is -2.23. The normalized spacial score (nSPS) is 11.2. The van der Waals surface area contributed by atoms with Crippen molar-refractivity contribution in [3.8, 4) is 0 Å². The van der Waals surface area contributed by atoms with Gasteiger partial charge in [0.05, 0.1) is 0 Å². The minimum absolute atomic E-state index is 0.195. The molecule has 0 heterocycles. The molecule has 0 radical (unpaired) electrons. The van der Waals surface area contributed by atoms with Gasteiger partial charge in [-0.05, 0) is 20.3 Å². The molecule has 0 saturated heterocycles. The molecule has 60 valence electrons. The van der Waals surface area contributed by atoms with Crippen LogP contribution in [0.5, 0.6) is 0 Å². The second kappa shape index (κ2) is 3.56. The SMILES string of the molecule is CCC(C)(C)NC(=O)CO. The molecule has 1 amide bonds. The number of carbonyl (C=O) groups is 1. The van der Waals surface area contributed by atoms with Crippen molar-refractivity contribution in [3.05, 3.63) is 0 Å². The fraction of sp³-hybridized carbons (Fsp3) is 0.857. The van der Waals surface area contributed by atoms with E-state index in [1.165, 1.54) is 0 Å². The maximum Gasteiger partial charge on any atom is 0.246 e. The lowest BCUT2D eigenvalue weighted by atomic mass is 10.0. The van der Waals surface area contributed by atoms with Gasteiger partial charge in [-0.1, -0.05) is 6.92 Å². The lowest BCUT2D eigenvalue weighted by molar-refractivity contribution is -0.125. The van der Waals surface area contributed by atoms with Gasteiger partial charge in [-0.2, -0.15) is 0 Å². The predicted octanol–water partition coefficient (Wildman–Crippen LogP) is 0.283. The lowest BCUT2D eigenvalue weighted by Crippen LogP contribution is -2.44. The number of aliphatic hydroxyl groups is 1. The summed E-state index contributed by atoms with van der Waals surface area (Å²) in [6.45, 7) is 5.39. The fourth-order valence-corrected chi connectivity index (χ4v) is 0.505. The first-order valence-electron chi connectivity index (χ1n) is 3.43. The largest absolute Gasteiger partial charge is 0.387 e. The van der Waals surface area contributed by atoms with Gasteiger partial charge in [-0.3, -0.25) is 4.79 Å². The van der Waals surface area contributed by atoms with E-state index in [1.54, 1.807) is 0 Å². The van der Waals surface area contributed by atoms with Gasteiger partial charge in [0.2, 0.25) is 5.91 Å². The highest BCUT2D eigenvalue weighted by Crippen LogP contribution is 2.05. The third-order valence-corrected chi connectivity index (χ3v) is 1.51. The highest BCUT2D eigenvalue weighted by atomic mass is 16.3. The maximum atomic E-state index is 10.6. The van der Waals surface area contributed by atoms with Gasteiger partial charge >= 0.3 is 0 Å². The quantitative estimate of drug-likeness (QED) is 0.599. The van der Waals surface area contributed by atoms with Gasteiger partial charge in [0.25, 0.3) is 0 Å². The topological polar surface area (TPSA) is 49.3 Å². The molecular formula is C7H15NO2. The van der Waals surface area contributed by atoms with Crippen LogP contribution in [0.1, 0.15) is 27.2 Å². The van der Waals surface area contributed by atoms with E-state index >= 15 is 0 Å². The average molecular weight is 145 g/mol. The number of aliphatic hydroxyl groups excluding tert-OH is 1. The van der Waals surface area contributed by atoms with E-state index in [9.17, 15) is 4.79 Å². The molecule has 0 unspecified atom stereocenters. The number of hydrogen-bond donors (Lipinski definition) is 2. The second-order valence-corrected chi connectivity index (χ2v) is 2.94. The molecule has 0 saturated carbocycles. The second-order valence-electron chi connectivity index (χ2n) is 2.94. The molecule has 0 aliphatic heterocycles. The third kappa shape index (κ3) is 3.45. The van der Waals surface area contributed by atoms with Gasteiger partial charge in [0.1, 0.15) is 6.61 Å². The first kappa shape index (κ1) is 9.43. The molecule has 0 aromatic heterocycles. The van der Waals surface area contributed by atoms with Crippen LogP contribution in [0, 0.1) is 0 Å². The Kier molecular flexibility index (Phi) is 3.36. The summed E-state index contributed by atoms with van der Waals surface area (Å²) in [6.07, 6.45) is 0.860. The number of amides is 1. The van der Waals surface area contributed by atoms with Crippen molar-refractivity contribution in [3.63, 3.8) is 0 Å². The van der Waals surface area contributed by atoms with E-state index in [0.29, 0.717) is 0 Å². The Morgan fingerprint density at radius 1 is 1.60 bits per heavy atom. The van der Waals surface area contributed by atoms with Crippen molar-refractivity contribution in [2.45, 2.75) is 32.7 Å². The van der Waals surface area contributed by atoms with Gasteiger partial charge in [0.15, 0.2) is 0 Å². The van der Waals surface area contributed by atoms with E-state index in [-0.39, 0.29) is 11.4 Å². The molecule has 0 aromatic carbocycles. The number of carbonyl (C=O) groups excluding carboxylic acids is 1. The Morgan fingerprint density at radius 3 is 2.40 bits per heavy atom. The summed E-state index contributed by atoms with van der Waals surface area (Å²) in [5, 5.41) is 11.0. The van der Waals surface area contributed by atoms with Crippen LogP contribution >= 0.6 is 0 Å². The van der Waals surface area contributed by atoms with Crippen molar-refractivity contribution >= 4 is 5.91 Å². The molecule has 0 aromatic rings. The van der Waals surface area contributed by atoms with E-state index in [1.807, 2.05) is 20.8 Å². The van der Waals surface area contributed by atoms with Crippen LogP contribution in [0.4, 0.5) is 0 Å². The van der Waals surface area contributed by atoms with E-state index in [2.05, 4.69) is 5.32 Å². The van der Waals surface area contributed by atoms with Crippen molar-refractivity contribution in [2.24, 2.45) is 0 Å². The molecule has 0 rings (SSSR count). The highest BCUT2D eigenvalue weighted by Gasteiger charge is 2.16. The van der Waals surface area contributed by atoms with Gasteiger partial charge in [-0.15, -0.1) is 0 Å². The van der Waals surface area contributed by atoms with Gasteiger partial charge in [0, 0.05) is 5.54 Å². The minimum Gasteiger partial charge on any atom is -0.387 e. The molecule has 0 aliphatic rings. The molecule has 2 N–H and O–H groups in total. The summed E-state index contributed by atoms with van der Waals surface area (Å²) < 4.78 is 0. The van der Waals surface area contributed by atoms with Crippen LogP contribution in [-0.2, 0) is 4.79 Å². The maximum absolute atomic E-state index is 10.6. The van der Waals surface area contributed by atoms with Crippen LogP contribution in [0.2, 0.25) is 0 Å². The van der Waals surface area contributed by atoms with Crippen LogP contribution in [0.25, 0.3) is 0 Å². The Bertz CT molecular complexity index is 121. The van der Waals surface area contributed by atoms with Crippen LogP contribution < -0.4 is 5.32 Å². The Morgan fingerprint density at radius 2 is 2.10 bits per heavy atom. The summed E-state index contributed by atoms with van der Waals surface area (Å²) in [5.74, 6) is -0.313. The van der Waals surface area contributed by atoms with Gasteiger partial charge in [-0.25, -0.2) is 0 Å². The Labute approximate surface area is 61.4 Å². The Balaban J connectivity index is 3.76. The first-order valence-corrected chi connectivity index (χ1v) is 3.43. The zero-order valence-electron chi connectivity index (χ0n) is 6.77. The molecule has 3 heteroatoms. The zero-order chi connectivity index (χ0) is 8.20. The molecule has 0 aliphatic carbocycles. The van der Waals surface area contributed by atoms with Crippen LogP contribution in [-0.4, -0.2) is 23.2 Å². The summed E-state index contributed by atoms with van der Waals surface area (Å²) in [7, 11) is 0. The summed E-state index contributed by atoms with van der Waals surface area (Å²) in [5.41, 5.74) is -0.195. The van der Waals surface area contributed by atoms with Crippen LogP contribution in [0.15, 0.2) is 0 Å². The predicted molar refractivity (Wildman–Crippen MR) is 39.6 cm³/mol. The van der Waals surface area contributed by atoms with Gasteiger partial charge < -0.3 is 10.4 Å². The van der Waals surface area contributed by atoms with Crippen molar-refractivity contribution in [2.75, 3.05) is 6.61 Å². The Hall–Kier alpha value is -0.570. The van der Waals surface area contributed by atoms with E-state index in [4.69, 9.17) is 5.11 Å². The molecule has 0 spiro atoms. The summed E-state index contributed by atoms with van der Waals surface area (Å²) in [4.78, 5) is 10.6. The molecule has 0 fully saturated rings. The monoisotopic (exact) mass is 145 g/mol. The standard InChI is InChI=1S/C7H15NO2/c1-4-7(2,3)8-6(10)5-9/h9H,4-5H2,1-3H3,(H,8,10). The molecule has 3 nitrogen and oxygen atoms in total. The number of nitrogens with one attached hydrogen (secondary N) is 1. The molecule has 10 heavy (non-hydrogen) atoms. The van der Waals surface area contributed by atoms with Crippen molar-refractivity contribution in [1.82, 2.24) is 5.32 Å². The third-order valence-electron chi connectivity index (χ3n) is 1.51. The first-order chi connectivity index (χ1) is 4.52. The van der Waals surface area contributed by atoms with Crippen molar-refractivity contribution in [1.29, 1.82) is 0 Å². The van der Waals surface area contributed by atoms with Crippen molar-refractivity contribution < 1.29 is 9.90 Å². The average Bonchev–Trinajstić information content (AvgIpc) is 1.87. The molecule has 0 atom stereocenters.